The van der Waals surface area contributed by atoms with Crippen molar-refractivity contribution in [3.63, 3.8) is 0 Å². The zero-order chi connectivity index (χ0) is 7.68. The summed E-state index contributed by atoms with van der Waals surface area (Å²) in [5, 5.41) is 8.97. The predicted molar refractivity (Wildman–Crippen MR) is 54.6 cm³/mol. The molecule has 0 aromatic carbocycles. The maximum absolute atomic E-state index is 3.95. The van der Waals surface area contributed by atoms with E-state index in [1.807, 2.05) is 12.3 Å². The van der Waals surface area contributed by atoms with Gasteiger partial charge in [-0.15, -0.1) is 11.3 Å². The minimum absolute atomic E-state index is 1.13. The number of aromatic nitrogens is 2. The first-order valence-corrected chi connectivity index (χ1v) is 5.06. The lowest BCUT2D eigenvalue weighted by Gasteiger charge is -1.89. The number of nitrogens with one attached hydrogen (secondary N) is 1. The van der Waals surface area contributed by atoms with Crippen molar-refractivity contribution in [2.45, 2.75) is 0 Å². The minimum atomic E-state index is 1.13. The number of aromatic amines is 1. The first-order chi connectivity index (χ1) is 5.38. The second-order valence-electron chi connectivity index (χ2n) is 2.07. The van der Waals surface area contributed by atoms with Gasteiger partial charge in [0.2, 0.25) is 0 Å². The van der Waals surface area contributed by atoms with Crippen LogP contribution in [-0.4, -0.2) is 10.2 Å². The zero-order valence-corrected chi connectivity index (χ0v) is 8.52. The van der Waals surface area contributed by atoms with E-state index in [0.29, 0.717) is 0 Å². The van der Waals surface area contributed by atoms with Crippen molar-refractivity contribution < 1.29 is 0 Å². The van der Waals surface area contributed by atoms with Gasteiger partial charge in [-0.05, 0) is 34.0 Å². The molecule has 11 heavy (non-hydrogen) atoms. The average Bonchev–Trinajstić information content (AvgIpc) is 2.55. The second kappa shape index (κ2) is 2.94. The molecule has 56 valence electrons. The number of rotatable bonds is 1. The third-order valence-corrected chi connectivity index (χ3v) is 3.07. The van der Waals surface area contributed by atoms with Crippen LogP contribution in [0.5, 0.6) is 0 Å². The Labute approximate surface area is 81.8 Å². The van der Waals surface area contributed by atoms with E-state index < -0.39 is 0 Å². The van der Waals surface area contributed by atoms with Crippen LogP contribution in [0.4, 0.5) is 0 Å². The van der Waals surface area contributed by atoms with Crippen molar-refractivity contribution in [1.82, 2.24) is 10.2 Å². The molecule has 2 nitrogen and oxygen atoms in total. The Morgan fingerprint density at radius 1 is 1.55 bits per heavy atom. The van der Waals surface area contributed by atoms with Crippen LogP contribution in [0.25, 0.3) is 10.6 Å². The van der Waals surface area contributed by atoms with Crippen LogP contribution >= 0.6 is 33.9 Å². The maximum atomic E-state index is 3.95. The topological polar surface area (TPSA) is 28.7 Å². The Bertz CT molecular complexity index is 339. The van der Waals surface area contributed by atoms with E-state index in [9.17, 15) is 0 Å². The molecule has 0 fully saturated rings. The summed E-state index contributed by atoms with van der Waals surface area (Å²) in [5.74, 6) is 0. The number of hydrogen-bond donors (Lipinski definition) is 1. The van der Waals surface area contributed by atoms with Gasteiger partial charge in [-0.25, -0.2) is 0 Å². The van der Waals surface area contributed by atoms with Gasteiger partial charge in [0.15, 0.2) is 0 Å². The fourth-order valence-corrected chi connectivity index (χ4v) is 2.33. The molecular weight excluding hydrogens is 271 g/mol. The van der Waals surface area contributed by atoms with Gasteiger partial charge in [0.25, 0.3) is 0 Å². The first-order valence-electron chi connectivity index (χ1n) is 3.10. The Morgan fingerprint density at radius 3 is 3.00 bits per heavy atom. The summed E-state index contributed by atoms with van der Waals surface area (Å²) in [6.45, 7) is 0. The van der Waals surface area contributed by atoms with Gasteiger partial charge in [0.1, 0.15) is 0 Å². The summed E-state index contributed by atoms with van der Waals surface area (Å²) in [6, 6.07) is 4.12. The molecule has 2 heterocycles. The highest BCUT2D eigenvalue weighted by Crippen LogP contribution is 2.26. The van der Waals surface area contributed by atoms with E-state index in [-0.39, 0.29) is 0 Å². The zero-order valence-electron chi connectivity index (χ0n) is 5.54. The van der Waals surface area contributed by atoms with Gasteiger partial charge in [-0.2, -0.15) is 5.10 Å². The first kappa shape index (κ1) is 7.30. The predicted octanol–water partition coefficient (Wildman–Crippen LogP) is 2.74. The van der Waals surface area contributed by atoms with Crippen molar-refractivity contribution >= 4 is 33.9 Å². The SMILES string of the molecule is Ic1cn[nH]c1-c1cccs1. The van der Waals surface area contributed by atoms with E-state index >= 15 is 0 Å². The van der Waals surface area contributed by atoms with Crippen molar-refractivity contribution in [3.05, 3.63) is 27.3 Å². The van der Waals surface area contributed by atoms with E-state index in [1.54, 1.807) is 11.3 Å². The third kappa shape index (κ3) is 1.32. The summed E-state index contributed by atoms with van der Waals surface area (Å²) in [4.78, 5) is 1.24. The number of halogens is 1. The van der Waals surface area contributed by atoms with Crippen molar-refractivity contribution in [2.75, 3.05) is 0 Å². The molecule has 2 aromatic rings. The maximum Gasteiger partial charge on any atom is 0.0883 e. The van der Waals surface area contributed by atoms with Gasteiger partial charge in [0, 0.05) is 0 Å². The number of thiophene rings is 1. The van der Waals surface area contributed by atoms with Crippen LogP contribution in [0.2, 0.25) is 0 Å². The smallest absolute Gasteiger partial charge is 0.0883 e. The summed E-state index contributed by atoms with van der Waals surface area (Å²) in [6.07, 6.45) is 1.83. The van der Waals surface area contributed by atoms with E-state index in [0.717, 1.165) is 5.69 Å². The van der Waals surface area contributed by atoms with Gasteiger partial charge in [-0.1, -0.05) is 6.07 Å². The minimum Gasteiger partial charge on any atom is -0.276 e. The lowest BCUT2D eigenvalue weighted by atomic mass is 10.3. The van der Waals surface area contributed by atoms with Crippen LogP contribution in [0, 0.1) is 3.57 Å². The molecule has 0 saturated heterocycles. The summed E-state index contributed by atoms with van der Waals surface area (Å²) < 4.78 is 1.17. The van der Waals surface area contributed by atoms with Gasteiger partial charge >= 0.3 is 0 Å². The molecule has 4 heteroatoms. The summed E-state index contributed by atoms with van der Waals surface area (Å²) in [5.41, 5.74) is 1.13. The van der Waals surface area contributed by atoms with E-state index in [4.69, 9.17) is 0 Å². The highest BCUT2D eigenvalue weighted by molar-refractivity contribution is 14.1. The molecule has 0 atom stereocenters. The summed E-state index contributed by atoms with van der Waals surface area (Å²) >= 11 is 3.99. The van der Waals surface area contributed by atoms with Crippen LogP contribution in [0.3, 0.4) is 0 Å². The van der Waals surface area contributed by atoms with Gasteiger partial charge < -0.3 is 0 Å². The standard InChI is InChI=1S/C7H5IN2S/c8-5-4-9-10-7(5)6-2-1-3-11-6/h1-4H,(H,9,10). The molecule has 0 aliphatic carbocycles. The Hall–Kier alpha value is -0.360. The molecule has 0 amide bonds. The fourth-order valence-electron chi connectivity index (χ4n) is 0.865. The van der Waals surface area contributed by atoms with E-state index in [1.165, 1.54) is 8.45 Å². The monoisotopic (exact) mass is 276 g/mol. The molecule has 0 aliphatic rings. The van der Waals surface area contributed by atoms with E-state index in [2.05, 4.69) is 44.2 Å². The van der Waals surface area contributed by atoms with Gasteiger partial charge in [0.05, 0.1) is 20.3 Å². The Morgan fingerprint density at radius 2 is 2.45 bits per heavy atom. The third-order valence-electron chi connectivity index (χ3n) is 1.36. The van der Waals surface area contributed by atoms with Crippen molar-refractivity contribution in [3.8, 4) is 10.6 Å². The molecule has 0 saturated carbocycles. The molecule has 0 bridgehead atoms. The quantitative estimate of drug-likeness (QED) is 0.797. The number of hydrogen-bond acceptors (Lipinski definition) is 2. The number of H-pyrrole nitrogens is 1. The van der Waals surface area contributed by atoms with Crippen LogP contribution in [-0.2, 0) is 0 Å². The Kier molecular flexibility index (Phi) is 1.95. The van der Waals surface area contributed by atoms with Crippen LogP contribution in [0.1, 0.15) is 0 Å². The molecule has 0 unspecified atom stereocenters. The summed E-state index contributed by atoms with van der Waals surface area (Å²) in [7, 11) is 0. The molecule has 0 radical (unpaired) electrons. The molecular formula is C7H5IN2S. The fraction of sp³-hybridized carbons (Fsp3) is 0. The highest BCUT2D eigenvalue weighted by atomic mass is 127. The number of nitrogens with zero attached hydrogens (tertiary/aromatic N) is 1. The van der Waals surface area contributed by atoms with Crippen molar-refractivity contribution in [1.29, 1.82) is 0 Å². The lowest BCUT2D eigenvalue weighted by molar-refractivity contribution is 1.10. The van der Waals surface area contributed by atoms with Crippen molar-refractivity contribution in [2.24, 2.45) is 0 Å². The normalized spacial score (nSPS) is 10.3. The average molecular weight is 276 g/mol. The molecule has 0 aliphatic heterocycles. The second-order valence-corrected chi connectivity index (χ2v) is 4.18. The molecule has 2 rings (SSSR count). The molecule has 0 spiro atoms. The largest absolute Gasteiger partial charge is 0.276 e. The molecule has 1 N–H and O–H groups in total. The lowest BCUT2D eigenvalue weighted by Crippen LogP contribution is -1.73. The molecule has 2 aromatic heterocycles. The van der Waals surface area contributed by atoms with Gasteiger partial charge in [-0.3, -0.25) is 5.10 Å². The highest BCUT2D eigenvalue weighted by Gasteiger charge is 2.04. The van der Waals surface area contributed by atoms with Crippen LogP contribution < -0.4 is 0 Å². The Balaban J connectivity index is 2.53. The van der Waals surface area contributed by atoms with Crippen LogP contribution in [0.15, 0.2) is 23.7 Å².